The van der Waals surface area contributed by atoms with Crippen LogP contribution in [0, 0.1) is 0 Å². The van der Waals surface area contributed by atoms with Crippen LogP contribution in [-0.4, -0.2) is 35.0 Å². The molecule has 0 aliphatic carbocycles. The molecule has 0 saturated heterocycles. The van der Waals surface area contributed by atoms with Gasteiger partial charge in [0.2, 0.25) is 11.8 Å². The second-order valence-electron chi connectivity index (χ2n) is 3.73. The van der Waals surface area contributed by atoms with Gasteiger partial charge in [0, 0.05) is 4.47 Å². The maximum absolute atomic E-state index is 10.3. The molecule has 0 unspecified atom stereocenters. The minimum atomic E-state index is -1.06. The standard InChI is InChI=1S/C12H11BrN2O5/c1-18-7-2-3-9(13)8(4-7)12-15-14-10(20-12)5-19-6-11(16)17/h2-4H,5-6H2,1H3,(H,16,17). The lowest BCUT2D eigenvalue weighted by molar-refractivity contribution is -0.142. The van der Waals surface area contributed by atoms with Crippen molar-refractivity contribution in [2.45, 2.75) is 6.61 Å². The molecule has 1 aromatic carbocycles. The molecule has 0 saturated carbocycles. The Morgan fingerprint density at radius 1 is 1.45 bits per heavy atom. The van der Waals surface area contributed by atoms with Crippen molar-refractivity contribution in [3.8, 4) is 17.2 Å². The van der Waals surface area contributed by atoms with Gasteiger partial charge < -0.3 is 19.0 Å². The van der Waals surface area contributed by atoms with Gasteiger partial charge in [-0.15, -0.1) is 10.2 Å². The van der Waals surface area contributed by atoms with Crippen molar-refractivity contribution in [3.63, 3.8) is 0 Å². The van der Waals surface area contributed by atoms with Crippen LogP contribution >= 0.6 is 15.9 Å². The smallest absolute Gasteiger partial charge is 0.329 e. The van der Waals surface area contributed by atoms with Gasteiger partial charge >= 0.3 is 5.97 Å². The summed E-state index contributed by atoms with van der Waals surface area (Å²) in [5.74, 6) is 0.103. The fraction of sp³-hybridized carbons (Fsp3) is 0.250. The number of aliphatic carboxylic acids is 1. The summed E-state index contributed by atoms with van der Waals surface area (Å²) in [6.07, 6.45) is 0. The number of halogens is 1. The quantitative estimate of drug-likeness (QED) is 0.858. The zero-order valence-electron chi connectivity index (χ0n) is 10.5. The normalized spacial score (nSPS) is 10.5. The number of benzene rings is 1. The molecule has 0 aliphatic heterocycles. The summed E-state index contributed by atoms with van der Waals surface area (Å²) in [7, 11) is 1.56. The van der Waals surface area contributed by atoms with Crippen LogP contribution in [0.25, 0.3) is 11.5 Å². The highest BCUT2D eigenvalue weighted by molar-refractivity contribution is 9.10. The Labute approximate surface area is 122 Å². The average Bonchev–Trinajstić information content (AvgIpc) is 2.87. The van der Waals surface area contributed by atoms with E-state index in [9.17, 15) is 4.79 Å². The first kappa shape index (κ1) is 14.5. The van der Waals surface area contributed by atoms with Gasteiger partial charge in [0.05, 0.1) is 12.7 Å². The minimum absolute atomic E-state index is 0.0547. The van der Waals surface area contributed by atoms with Crippen molar-refractivity contribution in [3.05, 3.63) is 28.6 Å². The van der Waals surface area contributed by atoms with E-state index in [1.807, 2.05) is 0 Å². The van der Waals surface area contributed by atoms with Gasteiger partial charge in [0.1, 0.15) is 19.0 Å². The van der Waals surface area contributed by atoms with Crippen molar-refractivity contribution in [1.82, 2.24) is 10.2 Å². The Balaban J connectivity index is 2.14. The molecule has 0 amide bonds. The third kappa shape index (κ3) is 3.55. The number of hydrogen-bond acceptors (Lipinski definition) is 6. The second kappa shape index (κ2) is 6.49. The molecule has 1 N–H and O–H groups in total. The number of rotatable bonds is 6. The van der Waals surface area contributed by atoms with E-state index in [-0.39, 0.29) is 12.5 Å². The molecule has 0 atom stereocenters. The third-order valence-electron chi connectivity index (χ3n) is 2.32. The number of carboxylic acid groups (broad SMARTS) is 1. The van der Waals surface area contributed by atoms with Gasteiger partial charge in [0.25, 0.3) is 0 Å². The van der Waals surface area contributed by atoms with Gasteiger partial charge in [-0.3, -0.25) is 0 Å². The van der Waals surface area contributed by atoms with Crippen LogP contribution in [0.15, 0.2) is 27.1 Å². The predicted molar refractivity (Wildman–Crippen MR) is 71.3 cm³/mol. The first-order chi connectivity index (χ1) is 9.60. The predicted octanol–water partition coefficient (Wildman–Crippen LogP) is 2.11. The third-order valence-corrected chi connectivity index (χ3v) is 3.01. The molecule has 7 nitrogen and oxygen atoms in total. The van der Waals surface area contributed by atoms with Crippen LogP contribution in [0.1, 0.15) is 5.89 Å². The first-order valence-electron chi connectivity index (χ1n) is 5.56. The zero-order valence-corrected chi connectivity index (χ0v) is 12.1. The number of methoxy groups -OCH3 is 1. The molecular formula is C12H11BrN2O5. The Hall–Kier alpha value is -1.93. The van der Waals surface area contributed by atoms with Crippen LogP contribution in [0.2, 0.25) is 0 Å². The zero-order chi connectivity index (χ0) is 14.5. The highest BCUT2D eigenvalue weighted by Crippen LogP contribution is 2.30. The van der Waals surface area contributed by atoms with E-state index in [0.717, 1.165) is 4.47 Å². The Morgan fingerprint density at radius 3 is 2.95 bits per heavy atom. The van der Waals surface area contributed by atoms with Crippen molar-refractivity contribution in [1.29, 1.82) is 0 Å². The molecular weight excluding hydrogens is 332 g/mol. The van der Waals surface area contributed by atoms with Crippen molar-refractivity contribution < 1.29 is 23.8 Å². The summed E-state index contributed by atoms with van der Waals surface area (Å²) in [6.45, 7) is -0.471. The molecule has 2 aromatic rings. The molecule has 1 aromatic heterocycles. The fourth-order valence-electron chi connectivity index (χ4n) is 1.44. The maximum atomic E-state index is 10.3. The summed E-state index contributed by atoms with van der Waals surface area (Å²) < 4.78 is 16.2. The fourth-order valence-corrected chi connectivity index (χ4v) is 1.86. The second-order valence-corrected chi connectivity index (χ2v) is 4.59. The summed E-state index contributed by atoms with van der Waals surface area (Å²) in [4.78, 5) is 10.3. The van der Waals surface area contributed by atoms with E-state index in [1.54, 1.807) is 25.3 Å². The van der Waals surface area contributed by atoms with E-state index < -0.39 is 12.6 Å². The van der Waals surface area contributed by atoms with Crippen LogP contribution in [0.4, 0.5) is 0 Å². The molecule has 2 rings (SSSR count). The molecule has 0 spiro atoms. The van der Waals surface area contributed by atoms with E-state index in [1.165, 1.54) is 0 Å². The highest BCUT2D eigenvalue weighted by Gasteiger charge is 2.13. The van der Waals surface area contributed by atoms with Gasteiger partial charge in [-0.05, 0) is 34.1 Å². The summed E-state index contributed by atoms with van der Waals surface area (Å²) in [5.41, 5.74) is 0.682. The SMILES string of the molecule is COc1ccc(Br)c(-c2nnc(COCC(=O)O)o2)c1. The number of carboxylic acids is 1. The molecule has 0 aliphatic rings. The number of carbonyl (C=O) groups is 1. The van der Waals surface area contributed by atoms with E-state index in [4.69, 9.17) is 19.0 Å². The molecule has 106 valence electrons. The summed E-state index contributed by atoms with van der Waals surface area (Å²) in [5, 5.41) is 16.1. The topological polar surface area (TPSA) is 94.7 Å². The van der Waals surface area contributed by atoms with Crippen LogP contribution in [0.5, 0.6) is 5.75 Å². The molecule has 20 heavy (non-hydrogen) atoms. The van der Waals surface area contributed by atoms with Gasteiger partial charge in [-0.2, -0.15) is 0 Å². The molecule has 0 fully saturated rings. The summed E-state index contributed by atoms with van der Waals surface area (Å²) >= 11 is 3.39. The average molecular weight is 343 g/mol. The highest BCUT2D eigenvalue weighted by atomic mass is 79.9. The van der Waals surface area contributed by atoms with Crippen LogP contribution in [-0.2, 0) is 16.1 Å². The molecule has 0 bridgehead atoms. The van der Waals surface area contributed by atoms with E-state index >= 15 is 0 Å². The number of ether oxygens (including phenoxy) is 2. The van der Waals surface area contributed by atoms with Crippen molar-refractivity contribution >= 4 is 21.9 Å². The number of hydrogen-bond donors (Lipinski definition) is 1. The van der Waals surface area contributed by atoms with Crippen LogP contribution < -0.4 is 4.74 Å². The lowest BCUT2D eigenvalue weighted by Gasteiger charge is -2.03. The van der Waals surface area contributed by atoms with Gasteiger partial charge in [-0.25, -0.2) is 4.79 Å². The molecule has 0 radical (unpaired) electrons. The van der Waals surface area contributed by atoms with Crippen LogP contribution in [0.3, 0.4) is 0 Å². The van der Waals surface area contributed by atoms with Gasteiger partial charge in [0.15, 0.2) is 0 Å². The lowest BCUT2D eigenvalue weighted by Crippen LogP contribution is -2.06. The summed E-state index contributed by atoms with van der Waals surface area (Å²) in [6, 6.07) is 5.35. The number of nitrogens with zero attached hydrogens (tertiary/aromatic N) is 2. The maximum Gasteiger partial charge on any atom is 0.329 e. The lowest BCUT2D eigenvalue weighted by atomic mass is 10.2. The Kier molecular flexibility index (Phi) is 4.70. The van der Waals surface area contributed by atoms with E-state index in [2.05, 4.69) is 26.1 Å². The first-order valence-corrected chi connectivity index (χ1v) is 6.35. The van der Waals surface area contributed by atoms with Gasteiger partial charge in [-0.1, -0.05) is 0 Å². The Morgan fingerprint density at radius 2 is 2.25 bits per heavy atom. The molecule has 1 heterocycles. The van der Waals surface area contributed by atoms with Crippen molar-refractivity contribution in [2.24, 2.45) is 0 Å². The van der Waals surface area contributed by atoms with E-state index in [0.29, 0.717) is 17.2 Å². The molecule has 8 heteroatoms. The van der Waals surface area contributed by atoms with Crippen molar-refractivity contribution in [2.75, 3.05) is 13.7 Å². The minimum Gasteiger partial charge on any atom is -0.497 e. The number of aromatic nitrogens is 2. The largest absolute Gasteiger partial charge is 0.497 e. The monoisotopic (exact) mass is 342 g/mol. The Bertz CT molecular complexity index is 614.